The second-order valence-electron chi connectivity index (χ2n) is 3.92. The molecule has 1 saturated heterocycles. The molecule has 1 fully saturated rings. The molecule has 1 aliphatic heterocycles. The maximum Gasteiger partial charge on any atom is 0.0695 e. The molecule has 0 amide bonds. The standard InChI is InChI=1S/C11H16O2S/c12-11(5-7-13-8-6-11)4-3-10-2-1-9-14-10/h1-2,9,12H,3-8H2. The van der Waals surface area contributed by atoms with Crippen LogP contribution in [0, 0.1) is 0 Å². The van der Waals surface area contributed by atoms with Crippen molar-refractivity contribution in [2.45, 2.75) is 31.3 Å². The molecule has 0 aliphatic carbocycles. The fourth-order valence-electron chi connectivity index (χ4n) is 1.81. The average molecular weight is 212 g/mol. The Hall–Kier alpha value is -0.380. The predicted octanol–water partition coefficient (Wildman–Crippen LogP) is 2.22. The van der Waals surface area contributed by atoms with E-state index in [9.17, 15) is 5.11 Å². The van der Waals surface area contributed by atoms with Gasteiger partial charge in [-0.05, 0) is 37.1 Å². The molecule has 2 rings (SSSR count). The molecule has 1 aromatic heterocycles. The highest BCUT2D eigenvalue weighted by atomic mass is 32.1. The number of hydrogen-bond acceptors (Lipinski definition) is 3. The SMILES string of the molecule is OC1(CCc2cccs2)CCOCC1. The van der Waals surface area contributed by atoms with Crippen molar-refractivity contribution in [3.8, 4) is 0 Å². The Bertz CT molecular complexity index is 263. The molecule has 1 N–H and O–H groups in total. The molecule has 14 heavy (non-hydrogen) atoms. The van der Waals surface area contributed by atoms with Crippen LogP contribution in [0.2, 0.25) is 0 Å². The lowest BCUT2D eigenvalue weighted by Gasteiger charge is -2.31. The molecule has 2 nitrogen and oxygen atoms in total. The third kappa shape index (κ3) is 2.56. The summed E-state index contributed by atoms with van der Waals surface area (Å²) in [5.74, 6) is 0. The lowest BCUT2D eigenvalue weighted by Crippen LogP contribution is -2.36. The molecule has 0 aromatic carbocycles. The van der Waals surface area contributed by atoms with Gasteiger partial charge in [0.1, 0.15) is 0 Å². The van der Waals surface area contributed by atoms with E-state index in [1.54, 1.807) is 11.3 Å². The number of rotatable bonds is 3. The van der Waals surface area contributed by atoms with Crippen molar-refractivity contribution in [3.63, 3.8) is 0 Å². The van der Waals surface area contributed by atoms with Gasteiger partial charge in [-0.2, -0.15) is 0 Å². The molecule has 1 aliphatic rings. The zero-order valence-corrected chi connectivity index (χ0v) is 9.05. The fourth-order valence-corrected chi connectivity index (χ4v) is 2.52. The zero-order valence-electron chi connectivity index (χ0n) is 8.24. The second-order valence-corrected chi connectivity index (χ2v) is 4.95. The van der Waals surface area contributed by atoms with Crippen LogP contribution in [0.25, 0.3) is 0 Å². The smallest absolute Gasteiger partial charge is 0.0695 e. The normalized spacial score (nSPS) is 20.9. The first-order valence-electron chi connectivity index (χ1n) is 5.11. The number of thiophene rings is 1. The highest BCUT2D eigenvalue weighted by molar-refractivity contribution is 7.09. The molecule has 0 unspecified atom stereocenters. The summed E-state index contributed by atoms with van der Waals surface area (Å²) in [6, 6.07) is 4.20. The highest BCUT2D eigenvalue weighted by Crippen LogP contribution is 2.26. The minimum absolute atomic E-state index is 0.470. The highest BCUT2D eigenvalue weighted by Gasteiger charge is 2.29. The number of aliphatic hydroxyl groups is 1. The summed E-state index contributed by atoms with van der Waals surface area (Å²) in [6.45, 7) is 1.42. The third-order valence-electron chi connectivity index (χ3n) is 2.84. The van der Waals surface area contributed by atoms with Crippen molar-refractivity contribution < 1.29 is 9.84 Å². The van der Waals surface area contributed by atoms with Gasteiger partial charge in [-0.25, -0.2) is 0 Å². The lowest BCUT2D eigenvalue weighted by molar-refractivity contribution is -0.0675. The Balaban J connectivity index is 1.84. The van der Waals surface area contributed by atoms with Crippen molar-refractivity contribution in [1.29, 1.82) is 0 Å². The molecule has 0 atom stereocenters. The topological polar surface area (TPSA) is 29.5 Å². The van der Waals surface area contributed by atoms with Crippen LogP contribution in [0.5, 0.6) is 0 Å². The van der Waals surface area contributed by atoms with E-state index in [2.05, 4.69) is 17.5 Å². The molecule has 3 heteroatoms. The van der Waals surface area contributed by atoms with Crippen LogP contribution < -0.4 is 0 Å². The molecular weight excluding hydrogens is 196 g/mol. The van der Waals surface area contributed by atoms with Gasteiger partial charge in [0, 0.05) is 18.1 Å². The summed E-state index contributed by atoms with van der Waals surface area (Å²) in [4.78, 5) is 1.37. The van der Waals surface area contributed by atoms with Gasteiger partial charge in [-0.15, -0.1) is 11.3 Å². The molecule has 0 saturated carbocycles. The van der Waals surface area contributed by atoms with Crippen LogP contribution in [0.1, 0.15) is 24.1 Å². The monoisotopic (exact) mass is 212 g/mol. The van der Waals surface area contributed by atoms with E-state index in [-0.39, 0.29) is 0 Å². The van der Waals surface area contributed by atoms with E-state index in [4.69, 9.17) is 4.74 Å². The predicted molar refractivity (Wildman–Crippen MR) is 57.6 cm³/mol. The second kappa shape index (κ2) is 4.43. The summed E-state index contributed by atoms with van der Waals surface area (Å²) in [6.07, 6.45) is 3.45. The van der Waals surface area contributed by atoms with E-state index in [0.717, 1.165) is 25.7 Å². The van der Waals surface area contributed by atoms with Crippen LogP contribution in [-0.4, -0.2) is 23.9 Å². The van der Waals surface area contributed by atoms with Gasteiger partial charge in [0.15, 0.2) is 0 Å². The molecule has 1 aromatic rings. The minimum Gasteiger partial charge on any atom is -0.390 e. The molecule has 0 spiro atoms. The molecule has 0 bridgehead atoms. The molecule has 2 heterocycles. The maximum atomic E-state index is 10.2. The van der Waals surface area contributed by atoms with Crippen LogP contribution in [-0.2, 0) is 11.2 Å². The zero-order chi connectivity index (χ0) is 9.86. The van der Waals surface area contributed by atoms with E-state index in [1.165, 1.54) is 4.88 Å². The summed E-state index contributed by atoms with van der Waals surface area (Å²) in [5, 5.41) is 12.3. The molecular formula is C11H16O2S. The summed E-state index contributed by atoms with van der Waals surface area (Å²) >= 11 is 1.77. The van der Waals surface area contributed by atoms with Gasteiger partial charge in [-0.1, -0.05) is 6.07 Å². The summed E-state index contributed by atoms with van der Waals surface area (Å²) < 4.78 is 5.24. The maximum absolute atomic E-state index is 10.2. The van der Waals surface area contributed by atoms with Gasteiger partial charge in [-0.3, -0.25) is 0 Å². The summed E-state index contributed by atoms with van der Waals surface area (Å²) in [7, 11) is 0. The quantitative estimate of drug-likeness (QED) is 0.832. The van der Waals surface area contributed by atoms with Crippen molar-refractivity contribution in [1.82, 2.24) is 0 Å². The van der Waals surface area contributed by atoms with E-state index in [0.29, 0.717) is 13.2 Å². The van der Waals surface area contributed by atoms with Gasteiger partial charge < -0.3 is 9.84 Å². The lowest BCUT2D eigenvalue weighted by atomic mass is 9.89. The Morgan fingerprint density at radius 2 is 2.21 bits per heavy atom. The van der Waals surface area contributed by atoms with E-state index < -0.39 is 5.60 Å². The van der Waals surface area contributed by atoms with Crippen LogP contribution >= 0.6 is 11.3 Å². The first-order chi connectivity index (χ1) is 6.79. The first kappa shape index (κ1) is 10.1. The number of aryl methyl sites for hydroxylation is 1. The largest absolute Gasteiger partial charge is 0.390 e. The number of hydrogen-bond donors (Lipinski definition) is 1. The van der Waals surface area contributed by atoms with Crippen molar-refractivity contribution in [3.05, 3.63) is 22.4 Å². The molecule has 78 valence electrons. The third-order valence-corrected chi connectivity index (χ3v) is 3.78. The van der Waals surface area contributed by atoms with Gasteiger partial charge in [0.25, 0.3) is 0 Å². The van der Waals surface area contributed by atoms with Crippen molar-refractivity contribution >= 4 is 11.3 Å². The fraction of sp³-hybridized carbons (Fsp3) is 0.636. The Morgan fingerprint density at radius 1 is 1.43 bits per heavy atom. The van der Waals surface area contributed by atoms with E-state index >= 15 is 0 Å². The minimum atomic E-state index is -0.470. The summed E-state index contributed by atoms with van der Waals surface area (Å²) in [5.41, 5.74) is -0.470. The molecule has 0 radical (unpaired) electrons. The van der Waals surface area contributed by atoms with Gasteiger partial charge in [0.2, 0.25) is 0 Å². The Morgan fingerprint density at radius 3 is 2.86 bits per heavy atom. The van der Waals surface area contributed by atoms with Crippen LogP contribution in [0.4, 0.5) is 0 Å². The Kier molecular flexibility index (Phi) is 3.21. The average Bonchev–Trinajstić information content (AvgIpc) is 2.69. The van der Waals surface area contributed by atoms with Crippen molar-refractivity contribution in [2.24, 2.45) is 0 Å². The van der Waals surface area contributed by atoms with Crippen LogP contribution in [0.3, 0.4) is 0 Å². The Labute approximate surface area is 88.5 Å². The van der Waals surface area contributed by atoms with Gasteiger partial charge >= 0.3 is 0 Å². The number of ether oxygens (including phenoxy) is 1. The van der Waals surface area contributed by atoms with Gasteiger partial charge in [0.05, 0.1) is 5.60 Å². The van der Waals surface area contributed by atoms with Crippen molar-refractivity contribution in [2.75, 3.05) is 13.2 Å². The van der Waals surface area contributed by atoms with E-state index in [1.807, 2.05) is 0 Å². The first-order valence-corrected chi connectivity index (χ1v) is 5.99. The van der Waals surface area contributed by atoms with Crippen LogP contribution in [0.15, 0.2) is 17.5 Å².